The second kappa shape index (κ2) is 12.0. The predicted molar refractivity (Wildman–Crippen MR) is 137 cm³/mol. The van der Waals surface area contributed by atoms with E-state index in [4.69, 9.17) is 37.4 Å². The lowest BCUT2D eigenvalue weighted by Crippen LogP contribution is -2.13. The summed E-state index contributed by atoms with van der Waals surface area (Å²) in [5, 5.41) is 6.69. The van der Waals surface area contributed by atoms with Crippen molar-refractivity contribution in [3.8, 4) is 17.2 Å². The normalized spacial score (nSPS) is 10.5. The summed E-state index contributed by atoms with van der Waals surface area (Å²) in [6.07, 6.45) is 3.35. The first kappa shape index (κ1) is 25.7. The van der Waals surface area contributed by atoms with Crippen LogP contribution in [0.5, 0.6) is 17.2 Å². The Kier molecular flexibility index (Phi) is 9.09. The van der Waals surface area contributed by atoms with Gasteiger partial charge in [0.1, 0.15) is 18.1 Å². The van der Waals surface area contributed by atoms with Crippen LogP contribution < -0.4 is 24.8 Å². The minimum atomic E-state index is -0.125. The molecule has 0 aliphatic rings. The highest BCUT2D eigenvalue weighted by molar-refractivity contribution is 7.80. The van der Waals surface area contributed by atoms with E-state index in [-0.39, 0.29) is 12.5 Å². The Balaban J connectivity index is 1.74. The Morgan fingerprint density at radius 2 is 1.74 bits per heavy atom. The van der Waals surface area contributed by atoms with Crippen molar-refractivity contribution >= 4 is 59.1 Å². The van der Waals surface area contributed by atoms with Crippen LogP contribution in [0, 0.1) is 6.92 Å². The molecule has 0 aliphatic carbocycles. The monoisotopic (exact) mass is 522 g/mol. The summed E-state index contributed by atoms with van der Waals surface area (Å²) in [6, 6.07) is 7.19. The van der Waals surface area contributed by atoms with Crippen molar-refractivity contribution in [3.05, 3.63) is 57.8 Å². The molecule has 3 rings (SSSR count). The van der Waals surface area contributed by atoms with Crippen LogP contribution in [0.3, 0.4) is 0 Å². The smallest absolute Gasteiger partial charge is 0.227 e. The fourth-order valence-corrected chi connectivity index (χ4v) is 3.85. The number of thiol groups is 1. The molecule has 0 bridgehead atoms. The number of hydrogen-bond donors (Lipinski definition) is 3. The molecule has 0 atom stereocenters. The molecule has 0 saturated heterocycles. The minimum Gasteiger partial charge on any atom is -0.495 e. The summed E-state index contributed by atoms with van der Waals surface area (Å²) in [4.78, 5) is 20.6. The van der Waals surface area contributed by atoms with E-state index in [1.807, 2.05) is 19.1 Å². The summed E-state index contributed by atoms with van der Waals surface area (Å²) in [6.45, 7) is 1.98. The molecule has 180 valence electrons. The zero-order chi connectivity index (χ0) is 24.7. The second-order valence-corrected chi connectivity index (χ2v) is 8.27. The number of ether oxygens (including phenoxy) is 3. The molecule has 0 saturated carbocycles. The second-order valence-electron chi connectivity index (χ2n) is 7.06. The maximum absolute atomic E-state index is 12.0. The van der Waals surface area contributed by atoms with Crippen LogP contribution in [0.25, 0.3) is 0 Å². The number of nitrogens with zero attached hydrogens (tertiary/aromatic N) is 2. The molecular weight excluding hydrogens is 499 g/mol. The number of halogens is 2. The fourth-order valence-electron chi connectivity index (χ4n) is 3.04. The molecule has 1 heterocycles. The maximum atomic E-state index is 12.0. The first-order valence-corrected chi connectivity index (χ1v) is 11.6. The lowest BCUT2D eigenvalue weighted by Gasteiger charge is -2.16. The average Bonchev–Trinajstić information content (AvgIpc) is 2.82. The van der Waals surface area contributed by atoms with Crippen molar-refractivity contribution in [2.24, 2.45) is 0 Å². The highest BCUT2D eigenvalue weighted by Crippen LogP contribution is 2.40. The first-order valence-electron chi connectivity index (χ1n) is 10.2. The highest BCUT2D eigenvalue weighted by atomic mass is 35.5. The van der Waals surface area contributed by atoms with Crippen LogP contribution in [0.2, 0.25) is 10.0 Å². The van der Waals surface area contributed by atoms with Crippen LogP contribution in [0.1, 0.15) is 17.5 Å². The molecule has 0 unspecified atom stereocenters. The largest absolute Gasteiger partial charge is 0.495 e. The Labute approximate surface area is 213 Å². The van der Waals surface area contributed by atoms with Crippen molar-refractivity contribution in [1.29, 1.82) is 0 Å². The third-order valence-corrected chi connectivity index (χ3v) is 5.85. The van der Waals surface area contributed by atoms with Gasteiger partial charge in [-0.15, -0.1) is 0 Å². The molecule has 11 heteroatoms. The van der Waals surface area contributed by atoms with Crippen molar-refractivity contribution in [3.63, 3.8) is 0 Å². The summed E-state index contributed by atoms with van der Waals surface area (Å²) in [5.41, 5.74) is 2.77. The molecule has 3 aromatic rings. The lowest BCUT2D eigenvalue weighted by atomic mass is 10.1. The summed E-state index contributed by atoms with van der Waals surface area (Å²) in [7, 11) is 3.01. The number of amides is 1. The molecule has 8 nitrogen and oxygen atoms in total. The Morgan fingerprint density at radius 3 is 2.32 bits per heavy atom. The van der Waals surface area contributed by atoms with Crippen LogP contribution in [0.4, 0.5) is 17.3 Å². The molecule has 0 radical (unpaired) electrons. The van der Waals surface area contributed by atoms with Gasteiger partial charge in [-0.1, -0.05) is 35.3 Å². The van der Waals surface area contributed by atoms with Gasteiger partial charge < -0.3 is 24.8 Å². The van der Waals surface area contributed by atoms with Gasteiger partial charge in [0.2, 0.25) is 11.9 Å². The standard InChI is InChI=1S/C23H24Cl2N4O4S/c1-13-5-4-6-16(28-19(30)7-8-34)22(13)29-23-26-10-14(11-27-23)33-12-15-20(24)17(31-2)9-18(32-3)21(15)25/h4-6,9-11,34H,7-8,12H2,1-3H3,(H,28,30)(H,26,27,29). The van der Waals surface area contributed by atoms with Gasteiger partial charge >= 0.3 is 0 Å². The third-order valence-electron chi connectivity index (χ3n) is 4.80. The van der Waals surface area contributed by atoms with Crippen molar-refractivity contribution in [2.75, 3.05) is 30.6 Å². The number of benzene rings is 2. The number of hydrogen-bond acceptors (Lipinski definition) is 8. The van der Waals surface area contributed by atoms with Crippen molar-refractivity contribution < 1.29 is 19.0 Å². The predicted octanol–water partition coefficient (Wildman–Crippen LogP) is 5.69. The number of para-hydroxylation sites is 1. The lowest BCUT2D eigenvalue weighted by molar-refractivity contribution is -0.115. The molecule has 0 fully saturated rings. The van der Waals surface area contributed by atoms with Crippen LogP contribution >= 0.6 is 35.8 Å². The van der Waals surface area contributed by atoms with Gasteiger partial charge in [0.05, 0.1) is 48.0 Å². The minimum absolute atomic E-state index is 0.0560. The Bertz CT molecular complexity index is 1130. The topological polar surface area (TPSA) is 94.6 Å². The van der Waals surface area contributed by atoms with Gasteiger partial charge in [-0.25, -0.2) is 9.97 Å². The quantitative estimate of drug-likeness (QED) is 0.294. The number of anilines is 3. The summed E-state index contributed by atoms with van der Waals surface area (Å²) >= 11 is 16.9. The molecule has 1 aromatic heterocycles. The van der Waals surface area contributed by atoms with Crippen molar-refractivity contribution in [2.45, 2.75) is 20.0 Å². The van der Waals surface area contributed by atoms with Crippen LogP contribution in [-0.4, -0.2) is 35.8 Å². The Hall–Kier alpha value is -2.88. The highest BCUT2D eigenvalue weighted by Gasteiger charge is 2.18. The molecule has 34 heavy (non-hydrogen) atoms. The van der Waals surface area contributed by atoms with E-state index in [0.29, 0.717) is 62.4 Å². The van der Waals surface area contributed by atoms with E-state index >= 15 is 0 Å². The summed E-state index contributed by atoms with van der Waals surface area (Å²) < 4.78 is 16.3. The molecule has 2 N–H and O–H groups in total. The number of carbonyl (C=O) groups is 1. The average molecular weight is 523 g/mol. The molecule has 2 aromatic carbocycles. The van der Waals surface area contributed by atoms with Gasteiger partial charge in [0, 0.05) is 18.1 Å². The van der Waals surface area contributed by atoms with Crippen LogP contribution in [-0.2, 0) is 11.4 Å². The number of aromatic nitrogens is 2. The molecular formula is C23H24Cl2N4O4S. The van der Waals surface area contributed by atoms with Gasteiger partial charge in [0.15, 0.2) is 5.75 Å². The number of aryl methyl sites for hydroxylation is 1. The van der Waals surface area contributed by atoms with Crippen LogP contribution in [0.15, 0.2) is 36.7 Å². The van der Waals surface area contributed by atoms with Gasteiger partial charge in [-0.3, -0.25) is 4.79 Å². The molecule has 0 spiro atoms. The number of methoxy groups -OCH3 is 2. The van der Waals surface area contributed by atoms with Gasteiger partial charge in [-0.05, 0) is 24.3 Å². The van der Waals surface area contributed by atoms with Crippen molar-refractivity contribution in [1.82, 2.24) is 9.97 Å². The van der Waals surface area contributed by atoms with E-state index in [9.17, 15) is 4.79 Å². The maximum Gasteiger partial charge on any atom is 0.227 e. The van der Waals surface area contributed by atoms with Gasteiger partial charge in [-0.2, -0.15) is 12.6 Å². The third kappa shape index (κ3) is 6.16. The van der Waals surface area contributed by atoms with E-state index in [0.717, 1.165) is 5.56 Å². The summed E-state index contributed by atoms with van der Waals surface area (Å²) in [5.74, 6) is 1.93. The zero-order valence-corrected chi connectivity index (χ0v) is 21.2. The first-order chi connectivity index (χ1) is 16.4. The number of rotatable bonds is 10. The fraction of sp³-hybridized carbons (Fsp3) is 0.261. The van der Waals surface area contributed by atoms with E-state index in [1.165, 1.54) is 26.6 Å². The number of nitrogens with one attached hydrogen (secondary N) is 2. The Morgan fingerprint density at radius 1 is 1.09 bits per heavy atom. The van der Waals surface area contributed by atoms with Gasteiger partial charge in [0.25, 0.3) is 0 Å². The van der Waals surface area contributed by atoms with E-state index in [2.05, 4.69) is 33.2 Å². The zero-order valence-electron chi connectivity index (χ0n) is 18.8. The van der Waals surface area contributed by atoms with E-state index < -0.39 is 0 Å². The molecule has 1 amide bonds. The molecule has 0 aliphatic heterocycles. The van der Waals surface area contributed by atoms with E-state index in [1.54, 1.807) is 12.1 Å². The number of carbonyl (C=O) groups excluding carboxylic acids is 1. The SMILES string of the molecule is COc1cc(OC)c(Cl)c(COc2cnc(Nc3c(C)cccc3NC(=O)CCS)nc2)c1Cl.